The number of nitrogens with one attached hydrogen (secondary N) is 2. The Kier molecular flexibility index (Phi) is 9.73. The van der Waals surface area contributed by atoms with Crippen molar-refractivity contribution in [3.8, 4) is 0 Å². The molecule has 1 aromatic carbocycles. The van der Waals surface area contributed by atoms with Crippen molar-refractivity contribution >= 4 is 27.8 Å². The first kappa shape index (κ1) is 27.0. The van der Waals surface area contributed by atoms with Crippen molar-refractivity contribution in [3.05, 3.63) is 58.9 Å². The number of pyridine rings is 1. The molecule has 1 heterocycles. The number of aromatic nitrogens is 1. The Labute approximate surface area is 200 Å². The molecular weight excluding hydrogens is 458 g/mol. The van der Waals surface area contributed by atoms with Crippen LogP contribution in [-0.4, -0.2) is 42.8 Å². The van der Waals surface area contributed by atoms with Crippen LogP contribution in [0.15, 0.2) is 41.4 Å². The summed E-state index contributed by atoms with van der Waals surface area (Å²) in [7, 11) is -4.18. The molecule has 0 bridgehead atoms. The van der Waals surface area contributed by atoms with Gasteiger partial charge >= 0.3 is 5.97 Å². The highest BCUT2D eigenvalue weighted by Gasteiger charge is 2.21. The smallest absolute Gasteiger partial charge is 0.354 e. The predicted molar refractivity (Wildman–Crippen MR) is 127 cm³/mol. The number of amides is 2. The molecule has 0 unspecified atom stereocenters. The van der Waals surface area contributed by atoms with Gasteiger partial charge < -0.3 is 10.4 Å². The maximum atomic E-state index is 12.8. The van der Waals surface area contributed by atoms with Crippen molar-refractivity contribution < 1.29 is 27.9 Å². The predicted octanol–water partition coefficient (Wildman–Crippen LogP) is 2.95. The van der Waals surface area contributed by atoms with E-state index in [1.807, 2.05) is 11.6 Å². The van der Waals surface area contributed by atoms with Crippen LogP contribution >= 0.6 is 0 Å². The van der Waals surface area contributed by atoms with Crippen molar-refractivity contribution in [1.82, 2.24) is 15.0 Å². The normalized spacial score (nSPS) is 11.3. The summed E-state index contributed by atoms with van der Waals surface area (Å²) in [4.78, 5) is 39.6. The lowest BCUT2D eigenvalue weighted by Crippen LogP contribution is -2.31. The van der Waals surface area contributed by atoms with Gasteiger partial charge in [0.25, 0.3) is 15.9 Å². The molecule has 0 aliphatic carbocycles. The van der Waals surface area contributed by atoms with Crippen molar-refractivity contribution in [2.45, 2.75) is 57.8 Å². The molecule has 184 valence electrons. The summed E-state index contributed by atoms with van der Waals surface area (Å²) in [5.74, 6) is -2.33. The fourth-order valence-corrected chi connectivity index (χ4v) is 4.27. The average Bonchev–Trinajstić information content (AvgIpc) is 2.78. The van der Waals surface area contributed by atoms with Crippen molar-refractivity contribution in [2.24, 2.45) is 5.92 Å². The first-order chi connectivity index (χ1) is 16.0. The summed E-state index contributed by atoms with van der Waals surface area (Å²) in [6.45, 7) is 5.94. The van der Waals surface area contributed by atoms with Gasteiger partial charge in [-0.3, -0.25) is 9.59 Å². The van der Waals surface area contributed by atoms with Crippen LogP contribution in [0, 0.1) is 5.92 Å². The third kappa shape index (κ3) is 7.65. The maximum absolute atomic E-state index is 12.8. The number of carboxylic acid groups (broad SMARTS) is 1. The van der Waals surface area contributed by atoms with Crippen LogP contribution in [0.2, 0.25) is 0 Å². The number of carbonyl (C=O) groups excluding carboxylic acids is 2. The first-order valence-electron chi connectivity index (χ1n) is 11.2. The molecule has 0 saturated carbocycles. The summed E-state index contributed by atoms with van der Waals surface area (Å²) < 4.78 is 27.6. The van der Waals surface area contributed by atoms with Crippen LogP contribution in [0.4, 0.5) is 0 Å². The van der Waals surface area contributed by atoms with Gasteiger partial charge in [-0.2, -0.15) is 0 Å². The summed E-state index contributed by atoms with van der Waals surface area (Å²) in [6.07, 6.45) is 4.47. The summed E-state index contributed by atoms with van der Waals surface area (Å²) >= 11 is 0. The van der Waals surface area contributed by atoms with Crippen LogP contribution in [0.25, 0.3) is 0 Å². The molecule has 0 atom stereocenters. The number of rotatable bonds is 12. The second-order valence-corrected chi connectivity index (χ2v) is 9.95. The molecule has 0 spiro atoms. The Hall–Kier alpha value is -3.27. The minimum Gasteiger partial charge on any atom is -0.477 e. The third-order valence-electron chi connectivity index (χ3n) is 5.15. The Balaban J connectivity index is 2.15. The molecule has 0 saturated heterocycles. The molecule has 10 heteroatoms. The molecule has 9 nitrogen and oxygen atoms in total. The number of carbonyl (C=O) groups is 3. The van der Waals surface area contributed by atoms with E-state index in [2.05, 4.69) is 10.3 Å². The average molecular weight is 490 g/mol. The number of sulfonamides is 1. The van der Waals surface area contributed by atoms with Gasteiger partial charge in [-0.1, -0.05) is 45.7 Å². The second kappa shape index (κ2) is 12.3. The van der Waals surface area contributed by atoms with E-state index in [-0.39, 0.29) is 28.0 Å². The van der Waals surface area contributed by atoms with Gasteiger partial charge in [0.2, 0.25) is 5.91 Å². The zero-order valence-corrected chi connectivity index (χ0v) is 20.4. The summed E-state index contributed by atoms with van der Waals surface area (Å²) in [6, 6.07) is 7.49. The molecule has 34 heavy (non-hydrogen) atoms. The van der Waals surface area contributed by atoms with E-state index in [1.54, 1.807) is 26.0 Å². The van der Waals surface area contributed by atoms with Gasteiger partial charge in [-0.05, 0) is 48.6 Å². The van der Waals surface area contributed by atoms with Gasteiger partial charge in [0.05, 0.1) is 10.5 Å². The highest BCUT2D eigenvalue weighted by atomic mass is 32.2. The van der Waals surface area contributed by atoms with Crippen molar-refractivity contribution in [3.63, 3.8) is 0 Å². The Bertz CT molecular complexity index is 1150. The fraction of sp³-hybridized carbons (Fsp3) is 0.417. The lowest BCUT2D eigenvalue weighted by molar-refractivity contribution is -0.123. The molecular formula is C24H31N3O6S. The van der Waals surface area contributed by atoms with Crippen LogP contribution in [0.3, 0.4) is 0 Å². The van der Waals surface area contributed by atoms with Crippen LogP contribution in [-0.2, 0) is 27.7 Å². The van der Waals surface area contributed by atoms with Crippen LogP contribution in [0.1, 0.15) is 72.0 Å². The standard InChI is InChI=1S/C24H31N3O6S/c1-4-5-6-9-18-14-19(15-26-21(18)24(30)31)23(29)27-34(32,33)20-10-7-8-17(13-20)11-12-25-22(28)16(2)3/h7-8,10,13-16H,4-6,9,11-12H2,1-3H3,(H,25,28)(H,27,29)(H,30,31). The molecule has 2 aromatic rings. The van der Waals surface area contributed by atoms with Gasteiger partial charge in [0.1, 0.15) is 0 Å². The SMILES string of the molecule is CCCCCc1cc(C(=O)NS(=O)(=O)c2cccc(CCNC(=O)C(C)C)c2)cnc1C(=O)O. The van der Waals surface area contributed by atoms with Crippen LogP contribution in [0.5, 0.6) is 0 Å². The zero-order valence-electron chi connectivity index (χ0n) is 19.6. The first-order valence-corrected chi connectivity index (χ1v) is 12.7. The minimum atomic E-state index is -4.18. The van der Waals surface area contributed by atoms with E-state index < -0.39 is 21.9 Å². The summed E-state index contributed by atoms with van der Waals surface area (Å²) in [5.41, 5.74) is 0.891. The number of carboxylic acids is 1. The second-order valence-electron chi connectivity index (χ2n) is 8.27. The maximum Gasteiger partial charge on any atom is 0.354 e. The van der Waals surface area contributed by atoms with E-state index in [9.17, 15) is 27.9 Å². The largest absolute Gasteiger partial charge is 0.477 e. The number of hydrogen-bond acceptors (Lipinski definition) is 6. The Morgan fingerprint density at radius 3 is 2.47 bits per heavy atom. The Morgan fingerprint density at radius 1 is 1.09 bits per heavy atom. The molecule has 3 N–H and O–H groups in total. The highest BCUT2D eigenvalue weighted by molar-refractivity contribution is 7.90. The van der Waals surface area contributed by atoms with Gasteiger partial charge in [-0.25, -0.2) is 22.9 Å². The molecule has 0 aliphatic rings. The minimum absolute atomic E-state index is 0.0346. The zero-order chi connectivity index (χ0) is 25.3. The number of aromatic carboxylic acids is 1. The highest BCUT2D eigenvalue weighted by Crippen LogP contribution is 2.16. The van der Waals surface area contributed by atoms with E-state index in [0.717, 1.165) is 25.5 Å². The number of hydrogen-bond donors (Lipinski definition) is 3. The monoisotopic (exact) mass is 489 g/mol. The lowest BCUT2D eigenvalue weighted by Gasteiger charge is -2.11. The molecule has 0 aliphatic heterocycles. The molecule has 0 radical (unpaired) electrons. The van der Waals surface area contributed by atoms with Gasteiger partial charge in [0, 0.05) is 18.7 Å². The molecule has 2 rings (SSSR count). The number of benzene rings is 1. The lowest BCUT2D eigenvalue weighted by atomic mass is 10.0. The van der Waals surface area contributed by atoms with Crippen molar-refractivity contribution in [2.75, 3.05) is 6.54 Å². The van der Waals surface area contributed by atoms with E-state index >= 15 is 0 Å². The van der Waals surface area contributed by atoms with Crippen LogP contribution < -0.4 is 10.0 Å². The van der Waals surface area contributed by atoms with E-state index in [0.29, 0.717) is 30.5 Å². The number of nitrogens with zero attached hydrogens (tertiary/aromatic N) is 1. The molecule has 1 aromatic heterocycles. The fourth-order valence-electron chi connectivity index (χ4n) is 3.23. The molecule has 2 amide bonds. The van der Waals surface area contributed by atoms with Gasteiger partial charge in [0.15, 0.2) is 5.69 Å². The number of unbranched alkanes of at least 4 members (excludes halogenated alkanes) is 2. The molecule has 0 fully saturated rings. The Morgan fingerprint density at radius 2 is 1.82 bits per heavy atom. The summed E-state index contributed by atoms with van der Waals surface area (Å²) in [5, 5.41) is 12.1. The van der Waals surface area contributed by atoms with E-state index in [1.165, 1.54) is 18.2 Å². The quantitative estimate of drug-likeness (QED) is 0.389. The third-order valence-corrected chi connectivity index (χ3v) is 6.48. The number of aryl methyl sites for hydroxylation is 1. The topological polar surface area (TPSA) is 143 Å². The van der Waals surface area contributed by atoms with Crippen molar-refractivity contribution in [1.29, 1.82) is 0 Å². The van der Waals surface area contributed by atoms with E-state index in [4.69, 9.17) is 0 Å². The van der Waals surface area contributed by atoms with Gasteiger partial charge in [-0.15, -0.1) is 0 Å².